The normalized spacial score (nSPS) is 10.8. The van der Waals surface area contributed by atoms with Crippen LogP contribution in [-0.4, -0.2) is 27.2 Å². The number of nitro groups is 1. The van der Waals surface area contributed by atoms with E-state index in [0.717, 1.165) is 5.69 Å². The molecule has 7 nitrogen and oxygen atoms in total. The molecule has 0 radical (unpaired) electrons. The number of carbonyl (C=O) groups excluding carboxylic acids is 1. The molecule has 23 heavy (non-hydrogen) atoms. The van der Waals surface area contributed by atoms with Crippen molar-refractivity contribution in [2.75, 3.05) is 6.54 Å². The molecule has 0 aliphatic heterocycles. The van der Waals surface area contributed by atoms with E-state index in [2.05, 4.69) is 10.4 Å². The lowest BCUT2D eigenvalue weighted by Crippen LogP contribution is -2.28. The van der Waals surface area contributed by atoms with Crippen LogP contribution < -0.4 is 5.32 Å². The lowest BCUT2D eigenvalue weighted by atomic mass is 10.1. The second kappa shape index (κ2) is 7.04. The van der Waals surface area contributed by atoms with Crippen LogP contribution in [0.4, 0.5) is 5.69 Å². The highest BCUT2D eigenvalue weighted by Crippen LogP contribution is 2.19. The van der Waals surface area contributed by atoms with Crippen molar-refractivity contribution >= 4 is 11.6 Å². The molecule has 0 atom stereocenters. The number of amides is 1. The third-order valence-corrected chi connectivity index (χ3v) is 3.42. The maximum atomic E-state index is 12.3. The van der Waals surface area contributed by atoms with Crippen molar-refractivity contribution in [3.05, 3.63) is 51.8 Å². The van der Waals surface area contributed by atoms with Gasteiger partial charge in [0.2, 0.25) is 0 Å². The number of hydrogen-bond acceptors (Lipinski definition) is 4. The van der Waals surface area contributed by atoms with Crippen molar-refractivity contribution in [3.63, 3.8) is 0 Å². The predicted octanol–water partition coefficient (Wildman–Crippen LogP) is 2.73. The minimum absolute atomic E-state index is 0.0221. The molecule has 0 spiro atoms. The summed E-state index contributed by atoms with van der Waals surface area (Å²) in [6, 6.07) is 6.10. The Morgan fingerprint density at radius 3 is 2.52 bits per heavy atom. The molecule has 1 amide bonds. The standard InChI is InChI=1S/C16H20N4O3/c1-4-15-14(16(21)17-9-11(2)3)10-18-19(15)12-5-7-13(8-6-12)20(22)23/h5-8,10-11H,4,9H2,1-3H3,(H,17,21). The lowest BCUT2D eigenvalue weighted by Gasteiger charge is -2.09. The van der Waals surface area contributed by atoms with E-state index in [9.17, 15) is 14.9 Å². The van der Waals surface area contributed by atoms with Crippen LogP contribution in [0.15, 0.2) is 30.5 Å². The van der Waals surface area contributed by atoms with Crippen LogP contribution >= 0.6 is 0 Å². The molecule has 0 bridgehead atoms. The van der Waals surface area contributed by atoms with E-state index in [1.165, 1.54) is 18.3 Å². The summed E-state index contributed by atoms with van der Waals surface area (Å²) in [5.74, 6) is 0.220. The van der Waals surface area contributed by atoms with Crippen molar-refractivity contribution < 1.29 is 9.72 Å². The Bertz CT molecular complexity index is 705. The molecule has 2 aromatic rings. The highest BCUT2D eigenvalue weighted by molar-refractivity contribution is 5.95. The highest BCUT2D eigenvalue weighted by Gasteiger charge is 2.17. The summed E-state index contributed by atoms with van der Waals surface area (Å²) < 4.78 is 1.65. The monoisotopic (exact) mass is 316 g/mol. The number of rotatable bonds is 6. The molecule has 0 fully saturated rings. The first-order valence-electron chi connectivity index (χ1n) is 7.54. The first-order chi connectivity index (χ1) is 10.9. The number of benzene rings is 1. The fraction of sp³-hybridized carbons (Fsp3) is 0.375. The summed E-state index contributed by atoms with van der Waals surface area (Å²) >= 11 is 0. The van der Waals surface area contributed by atoms with Gasteiger partial charge in [0.25, 0.3) is 11.6 Å². The second-order valence-electron chi connectivity index (χ2n) is 5.65. The maximum Gasteiger partial charge on any atom is 0.269 e. The predicted molar refractivity (Wildman–Crippen MR) is 86.8 cm³/mol. The second-order valence-corrected chi connectivity index (χ2v) is 5.65. The van der Waals surface area contributed by atoms with Gasteiger partial charge in [0.15, 0.2) is 0 Å². The van der Waals surface area contributed by atoms with E-state index < -0.39 is 4.92 Å². The van der Waals surface area contributed by atoms with Crippen LogP contribution in [0.3, 0.4) is 0 Å². The zero-order chi connectivity index (χ0) is 17.0. The van der Waals surface area contributed by atoms with Crippen LogP contribution in [0.5, 0.6) is 0 Å². The van der Waals surface area contributed by atoms with Gasteiger partial charge in [-0.3, -0.25) is 14.9 Å². The van der Waals surface area contributed by atoms with Gasteiger partial charge in [-0.25, -0.2) is 4.68 Å². The van der Waals surface area contributed by atoms with E-state index in [4.69, 9.17) is 0 Å². The summed E-state index contributed by atoms with van der Waals surface area (Å²) in [5.41, 5.74) is 2.02. The number of non-ortho nitro benzene ring substituents is 1. The van der Waals surface area contributed by atoms with Gasteiger partial charge in [-0.2, -0.15) is 5.10 Å². The SMILES string of the molecule is CCc1c(C(=O)NCC(C)C)cnn1-c1ccc([N+](=O)[O-])cc1. The number of nitrogens with zero attached hydrogens (tertiary/aromatic N) is 3. The number of nitrogens with one attached hydrogen (secondary N) is 1. The quantitative estimate of drug-likeness (QED) is 0.655. The third kappa shape index (κ3) is 3.74. The first kappa shape index (κ1) is 16.7. The maximum absolute atomic E-state index is 12.3. The van der Waals surface area contributed by atoms with Gasteiger partial charge in [0, 0.05) is 18.7 Å². The number of carbonyl (C=O) groups is 1. The average Bonchev–Trinajstić information content (AvgIpc) is 2.96. The highest BCUT2D eigenvalue weighted by atomic mass is 16.6. The Labute approximate surface area is 134 Å². The molecule has 2 rings (SSSR count). The van der Waals surface area contributed by atoms with Gasteiger partial charge in [-0.15, -0.1) is 0 Å². The third-order valence-electron chi connectivity index (χ3n) is 3.42. The largest absolute Gasteiger partial charge is 0.352 e. The van der Waals surface area contributed by atoms with Gasteiger partial charge >= 0.3 is 0 Å². The fourth-order valence-corrected chi connectivity index (χ4v) is 2.23. The lowest BCUT2D eigenvalue weighted by molar-refractivity contribution is -0.384. The van der Waals surface area contributed by atoms with Crippen molar-refractivity contribution in [3.8, 4) is 5.69 Å². The summed E-state index contributed by atoms with van der Waals surface area (Å²) in [6.07, 6.45) is 2.16. The minimum atomic E-state index is -0.446. The Hall–Kier alpha value is -2.70. The van der Waals surface area contributed by atoms with Gasteiger partial charge in [-0.1, -0.05) is 20.8 Å². The van der Waals surface area contributed by atoms with Crippen LogP contribution in [0, 0.1) is 16.0 Å². The molecule has 0 aliphatic rings. The molecular weight excluding hydrogens is 296 g/mol. The summed E-state index contributed by atoms with van der Waals surface area (Å²) in [6.45, 7) is 6.60. The van der Waals surface area contributed by atoms with Gasteiger partial charge in [0.05, 0.1) is 28.1 Å². The van der Waals surface area contributed by atoms with Crippen molar-refractivity contribution in [2.45, 2.75) is 27.2 Å². The molecule has 1 heterocycles. The topological polar surface area (TPSA) is 90.1 Å². The molecule has 0 unspecified atom stereocenters. The number of nitro benzene ring substituents is 1. The molecular formula is C16H20N4O3. The van der Waals surface area contributed by atoms with E-state index in [1.54, 1.807) is 16.8 Å². The van der Waals surface area contributed by atoms with Crippen LogP contribution in [-0.2, 0) is 6.42 Å². The Morgan fingerprint density at radius 1 is 1.35 bits per heavy atom. The molecule has 1 aromatic carbocycles. The van der Waals surface area contributed by atoms with E-state index in [0.29, 0.717) is 30.1 Å². The number of hydrogen-bond donors (Lipinski definition) is 1. The molecule has 0 aliphatic carbocycles. The Balaban J connectivity index is 2.30. The number of aromatic nitrogens is 2. The summed E-state index contributed by atoms with van der Waals surface area (Å²) in [4.78, 5) is 22.5. The molecule has 1 N–H and O–H groups in total. The summed E-state index contributed by atoms with van der Waals surface area (Å²) in [5, 5.41) is 17.9. The van der Waals surface area contributed by atoms with Crippen LogP contribution in [0.25, 0.3) is 5.69 Å². The molecule has 7 heteroatoms. The van der Waals surface area contributed by atoms with Crippen LogP contribution in [0.2, 0.25) is 0 Å². The van der Waals surface area contributed by atoms with Crippen molar-refractivity contribution in [1.29, 1.82) is 0 Å². The van der Waals surface area contributed by atoms with Gasteiger partial charge in [-0.05, 0) is 24.5 Å². The van der Waals surface area contributed by atoms with E-state index >= 15 is 0 Å². The van der Waals surface area contributed by atoms with Gasteiger partial charge in [0.1, 0.15) is 0 Å². The smallest absolute Gasteiger partial charge is 0.269 e. The fourth-order valence-electron chi connectivity index (χ4n) is 2.23. The average molecular weight is 316 g/mol. The molecule has 0 saturated heterocycles. The van der Waals surface area contributed by atoms with Crippen LogP contribution in [0.1, 0.15) is 36.8 Å². The summed E-state index contributed by atoms with van der Waals surface area (Å²) in [7, 11) is 0. The van der Waals surface area contributed by atoms with Crippen molar-refractivity contribution in [1.82, 2.24) is 15.1 Å². The van der Waals surface area contributed by atoms with Gasteiger partial charge < -0.3 is 5.32 Å². The van der Waals surface area contributed by atoms with E-state index in [1.807, 2.05) is 20.8 Å². The zero-order valence-electron chi connectivity index (χ0n) is 13.4. The first-order valence-corrected chi connectivity index (χ1v) is 7.54. The van der Waals surface area contributed by atoms with E-state index in [-0.39, 0.29) is 11.6 Å². The molecule has 0 saturated carbocycles. The Morgan fingerprint density at radius 2 is 2.00 bits per heavy atom. The molecule has 122 valence electrons. The van der Waals surface area contributed by atoms with Crippen molar-refractivity contribution in [2.24, 2.45) is 5.92 Å². The zero-order valence-corrected chi connectivity index (χ0v) is 13.4. The Kier molecular flexibility index (Phi) is 5.10. The minimum Gasteiger partial charge on any atom is -0.352 e. The molecule has 1 aromatic heterocycles.